The number of likely N-dealkylation sites (N-methyl/N-ethyl adjacent to an activating group) is 1. The van der Waals surface area contributed by atoms with Crippen molar-refractivity contribution in [2.24, 2.45) is 0 Å². The third kappa shape index (κ3) is 9.14. The van der Waals surface area contributed by atoms with Gasteiger partial charge >= 0.3 is 0 Å². The summed E-state index contributed by atoms with van der Waals surface area (Å²) in [6.45, 7) is 20.5. The van der Waals surface area contributed by atoms with Crippen molar-refractivity contribution >= 4 is 17.5 Å². The fourth-order valence-electron chi connectivity index (χ4n) is 5.32. The number of allylic oxidation sites excluding steroid dienone is 1. The summed E-state index contributed by atoms with van der Waals surface area (Å²) in [4.78, 5) is 11.8. The van der Waals surface area contributed by atoms with Crippen LogP contribution >= 0.6 is 0 Å². The van der Waals surface area contributed by atoms with Gasteiger partial charge in [0.15, 0.2) is 0 Å². The van der Waals surface area contributed by atoms with Crippen molar-refractivity contribution in [3.8, 4) is 22.9 Å². The van der Waals surface area contributed by atoms with E-state index in [2.05, 4.69) is 95.4 Å². The lowest BCUT2D eigenvalue weighted by Gasteiger charge is -2.35. The molecule has 0 unspecified atom stereocenters. The van der Waals surface area contributed by atoms with Gasteiger partial charge in [-0.1, -0.05) is 44.2 Å². The molecular formula is C36H50N6O. The minimum Gasteiger partial charge on any atom is -0.492 e. The Labute approximate surface area is 259 Å². The molecule has 230 valence electrons. The monoisotopic (exact) mass is 582 g/mol. The number of hydrogen-bond acceptors (Lipinski definition) is 7. The van der Waals surface area contributed by atoms with Crippen LogP contribution in [0, 0.1) is 32.1 Å². The highest BCUT2D eigenvalue weighted by molar-refractivity contribution is 5.87. The molecule has 0 atom stereocenters. The minimum absolute atomic E-state index is 0.514. The molecule has 0 aliphatic carbocycles. The first kappa shape index (κ1) is 33.8. The summed E-state index contributed by atoms with van der Waals surface area (Å²) in [5.74, 6) is 0.848. The average molecular weight is 583 g/mol. The molecule has 4 rings (SSSR count). The van der Waals surface area contributed by atoms with Gasteiger partial charge in [0.05, 0.1) is 11.3 Å². The number of rotatable bonds is 11. The highest BCUT2D eigenvalue weighted by Gasteiger charge is 2.18. The van der Waals surface area contributed by atoms with E-state index in [1.807, 2.05) is 39.8 Å². The van der Waals surface area contributed by atoms with E-state index < -0.39 is 0 Å². The second kappa shape index (κ2) is 16.8. The first-order chi connectivity index (χ1) is 20.8. The molecule has 0 amide bonds. The van der Waals surface area contributed by atoms with Gasteiger partial charge in [-0.15, -0.1) is 0 Å². The van der Waals surface area contributed by atoms with Crippen molar-refractivity contribution in [1.29, 1.82) is 5.26 Å². The zero-order valence-electron chi connectivity index (χ0n) is 27.5. The Kier molecular flexibility index (Phi) is 13.2. The van der Waals surface area contributed by atoms with Crippen LogP contribution in [-0.2, 0) is 0 Å². The van der Waals surface area contributed by atoms with E-state index in [0.717, 1.165) is 85.3 Å². The van der Waals surface area contributed by atoms with Crippen LogP contribution < -0.4 is 10.1 Å². The Morgan fingerprint density at radius 3 is 2.23 bits per heavy atom. The molecule has 0 radical (unpaired) electrons. The van der Waals surface area contributed by atoms with Crippen molar-refractivity contribution in [2.75, 3.05) is 71.8 Å². The average Bonchev–Trinajstić information content (AvgIpc) is 3.02. The lowest BCUT2D eigenvalue weighted by atomic mass is 9.97. The van der Waals surface area contributed by atoms with Gasteiger partial charge in [0.1, 0.15) is 18.4 Å². The summed E-state index contributed by atoms with van der Waals surface area (Å²) in [5, 5.41) is 13.5. The number of aryl methyl sites for hydroxylation is 2. The Bertz CT molecular complexity index is 1380. The van der Waals surface area contributed by atoms with Gasteiger partial charge in [0, 0.05) is 69.0 Å². The van der Waals surface area contributed by atoms with Crippen LogP contribution in [0.1, 0.15) is 48.7 Å². The summed E-state index contributed by atoms with van der Waals surface area (Å²) < 4.78 is 6.12. The lowest BCUT2D eigenvalue weighted by Crippen LogP contribution is -2.48. The van der Waals surface area contributed by atoms with Gasteiger partial charge in [-0.05, 0) is 82.2 Å². The number of nitrogens with zero attached hydrogens (tertiary/aromatic N) is 5. The molecule has 0 saturated carbocycles. The third-order valence-electron chi connectivity index (χ3n) is 7.86. The minimum atomic E-state index is 0.514. The van der Waals surface area contributed by atoms with Crippen LogP contribution in [0.3, 0.4) is 0 Å². The number of nitrogens with one attached hydrogen (secondary N) is 1. The zero-order chi connectivity index (χ0) is 31.4. The maximum absolute atomic E-state index is 9.95. The van der Waals surface area contributed by atoms with E-state index in [9.17, 15) is 5.26 Å². The Morgan fingerprint density at radius 1 is 0.977 bits per heavy atom. The number of piperazine rings is 1. The van der Waals surface area contributed by atoms with Crippen LogP contribution in [0.2, 0.25) is 0 Å². The van der Waals surface area contributed by atoms with Gasteiger partial charge < -0.3 is 15.0 Å². The fraction of sp³-hybridized carbons (Fsp3) is 0.444. The molecule has 3 aromatic rings. The van der Waals surface area contributed by atoms with Crippen LogP contribution in [0.4, 0.5) is 11.4 Å². The SMILES string of the molecule is C/C=C\c1c(C)ccc(Nc2c(C#N)cnc(C)c2-c2ccc(OCCN3CCN(CCN(C)C)CC3)cc2)c1C.CC. The maximum atomic E-state index is 9.95. The van der Waals surface area contributed by atoms with Gasteiger partial charge in [-0.3, -0.25) is 14.8 Å². The van der Waals surface area contributed by atoms with Gasteiger partial charge in [0.25, 0.3) is 0 Å². The van der Waals surface area contributed by atoms with Gasteiger partial charge in [0.2, 0.25) is 0 Å². The molecular weight excluding hydrogens is 532 g/mol. The molecule has 1 aliphatic rings. The van der Waals surface area contributed by atoms with Crippen LogP contribution in [-0.4, -0.2) is 86.2 Å². The smallest absolute Gasteiger partial charge is 0.119 e. The molecule has 0 spiro atoms. The number of pyridine rings is 1. The Balaban J connectivity index is 0.00000248. The highest BCUT2D eigenvalue weighted by Crippen LogP contribution is 2.37. The van der Waals surface area contributed by atoms with Crippen molar-refractivity contribution in [1.82, 2.24) is 19.7 Å². The van der Waals surface area contributed by atoms with E-state index >= 15 is 0 Å². The third-order valence-corrected chi connectivity index (χ3v) is 7.86. The predicted molar refractivity (Wildman–Crippen MR) is 181 cm³/mol. The molecule has 1 aliphatic heterocycles. The standard InChI is InChI=1S/C34H44N6O.C2H6/c1-7-8-31-25(2)9-14-32(26(31)3)37-34-29(23-35)24-36-27(4)33(34)28-10-12-30(13-11-28)41-22-21-40-19-17-39(18-20-40)16-15-38(5)6;1-2/h7-14,24H,15-22H2,1-6H3,(H,36,37);1-2H3/b8-7-;. The molecule has 43 heavy (non-hydrogen) atoms. The molecule has 7 heteroatoms. The number of anilines is 2. The maximum Gasteiger partial charge on any atom is 0.119 e. The number of nitriles is 1. The molecule has 2 aromatic carbocycles. The van der Waals surface area contributed by atoms with Crippen LogP contribution in [0.5, 0.6) is 5.75 Å². The van der Waals surface area contributed by atoms with E-state index in [0.29, 0.717) is 12.2 Å². The van der Waals surface area contributed by atoms with E-state index in [4.69, 9.17) is 4.74 Å². The highest BCUT2D eigenvalue weighted by atomic mass is 16.5. The lowest BCUT2D eigenvalue weighted by molar-refractivity contribution is 0.112. The van der Waals surface area contributed by atoms with Crippen molar-refractivity contribution < 1.29 is 4.74 Å². The largest absolute Gasteiger partial charge is 0.492 e. The summed E-state index contributed by atoms with van der Waals surface area (Å²) in [5.41, 5.74) is 8.60. The first-order valence-corrected chi connectivity index (χ1v) is 15.5. The van der Waals surface area contributed by atoms with Crippen LogP contribution in [0.15, 0.2) is 48.7 Å². The van der Waals surface area contributed by atoms with Crippen molar-refractivity contribution in [3.05, 3.63) is 76.6 Å². The molecule has 1 aromatic heterocycles. The fourth-order valence-corrected chi connectivity index (χ4v) is 5.32. The topological polar surface area (TPSA) is 67.7 Å². The van der Waals surface area contributed by atoms with Gasteiger partial charge in [-0.25, -0.2) is 0 Å². The number of benzene rings is 2. The molecule has 2 heterocycles. The van der Waals surface area contributed by atoms with E-state index in [1.165, 1.54) is 11.1 Å². The molecule has 1 N–H and O–H groups in total. The van der Waals surface area contributed by atoms with E-state index in [-0.39, 0.29) is 0 Å². The zero-order valence-corrected chi connectivity index (χ0v) is 27.5. The number of ether oxygens (including phenoxy) is 1. The Morgan fingerprint density at radius 2 is 1.63 bits per heavy atom. The molecule has 1 fully saturated rings. The van der Waals surface area contributed by atoms with Gasteiger partial charge in [-0.2, -0.15) is 5.26 Å². The summed E-state index contributed by atoms with van der Waals surface area (Å²) in [6, 6.07) is 14.7. The summed E-state index contributed by atoms with van der Waals surface area (Å²) in [7, 11) is 4.26. The number of aromatic nitrogens is 1. The second-order valence-corrected chi connectivity index (χ2v) is 11.1. The van der Waals surface area contributed by atoms with Crippen LogP contribution in [0.25, 0.3) is 17.2 Å². The summed E-state index contributed by atoms with van der Waals surface area (Å²) >= 11 is 0. The molecule has 1 saturated heterocycles. The number of hydrogen-bond donors (Lipinski definition) is 1. The predicted octanol–water partition coefficient (Wildman–Crippen LogP) is 6.91. The second-order valence-electron chi connectivity index (χ2n) is 11.1. The first-order valence-electron chi connectivity index (χ1n) is 15.5. The van der Waals surface area contributed by atoms with Crippen molar-refractivity contribution in [3.63, 3.8) is 0 Å². The van der Waals surface area contributed by atoms with E-state index in [1.54, 1.807) is 6.20 Å². The van der Waals surface area contributed by atoms with Crippen molar-refractivity contribution in [2.45, 2.75) is 41.5 Å². The summed E-state index contributed by atoms with van der Waals surface area (Å²) in [6.07, 6.45) is 5.83. The Hall–Kier alpha value is -3.70. The quantitative estimate of drug-likeness (QED) is 0.264. The molecule has 0 bridgehead atoms. The normalized spacial score (nSPS) is 14.0. The molecule has 7 nitrogen and oxygen atoms in total.